The number of nitrogens with zero attached hydrogens (tertiary/aromatic N) is 7. The molecule has 0 unspecified atom stereocenters. The van der Waals surface area contributed by atoms with Gasteiger partial charge < -0.3 is 10.2 Å². The predicted molar refractivity (Wildman–Crippen MR) is 99.4 cm³/mol. The summed E-state index contributed by atoms with van der Waals surface area (Å²) in [5.74, 6) is 1.85. The van der Waals surface area contributed by atoms with E-state index in [2.05, 4.69) is 35.3 Å². The zero-order valence-corrected chi connectivity index (χ0v) is 15.5. The SMILES string of the molecule is Cc1cc(C)n2nc(CC(=O)NC3CCN(c4cnccn4)CC3)nc2n1. The Morgan fingerprint density at radius 3 is 2.78 bits per heavy atom. The van der Waals surface area contributed by atoms with E-state index in [0.717, 1.165) is 43.1 Å². The van der Waals surface area contributed by atoms with Crippen molar-refractivity contribution in [2.24, 2.45) is 0 Å². The van der Waals surface area contributed by atoms with Crippen molar-refractivity contribution in [1.82, 2.24) is 34.9 Å². The van der Waals surface area contributed by atoms with E-state index in [9.17, 15) is 4.79 Å². The maximum Gasteiger partial charge on any atom is 0.252 e. The molecule has 1 aliphatic rings. The van der Waals surface area contributed by atoms with E-state index in [0.29, 0.717) is 11.6 Å². The van der Waals surface area contributed by atoms with E-state index in [-0.39, 0.29) is 18.4 Å². The van der Waals surface area contributed by atoms with E-state index in [1.165, 1.54) is 0 Å². The predicted octanol–water partition coefficient (Wildman–Crippen LogP) is 0.859. The summed E-state index contributed by atoms with van der Waals surface area (Å²) < 4.78 is 1.68. The van der Waals surface area contributed by atoms with Crippen molar-refractivity contribution in [2.45, 2.75) is 39.2 Å². The van der Waals surface area contributed by atoms with Gasteiger partial charge in [0.25, 0.3) is 5.78 Å². The molecule has 0 atom stereocenters. The van der Waals surface area contributed by atoms with Crippen LogP contribution < -0.4 is 10.2 Å². The average Bonchev–Trinajstić information content (AvgIpc) is 3.05. The fourth-order valence-electron chi connectivity index (χ4n) is 3.41. The van der Waals surface area contributed by atoms with Crippen LogP contribution in [0.2, 0.25) is 0 Å². The molecule has 9 heteroatoms. The second-order valence-electron chi connectivity index (χ2n) is 6.85. The highest BCUT2D eigenvalue weighted by Gasteiger charge is 2.22. The lowest BCUT2D eigenvalue weighted by molar-refractivity contribution is -0.121. The Kier molecular flexibility index (Phi) is 4.66. The number of fused-ring (bicyclic) bond motifs is 1. The zero-order chi connectivity index (χ0) is 18.8. The van der Waals surface area contributed by atoms with Crippen LogP contribution in [0.15, 0.2) is 24.7 Å². The molecule has 4 rings (SSSR count). The lowest BCUT2D eigenvalue weighted by Gasteiger charge is -2.32. The Morgan fingerprint density at radius 2 is 2.04 bits per heavy atom. The first kappa shape index (κ1) is 17.3. The third-order valence-electron chi connectivity index (χ3n) is 4.71. The number of anilines is 1. The van der Waals surface area contributed by atoms with Gasteiger partial charge in [-0.1, -0.05) is 0 Å². The summed E-state index contributed by atoms with van der Waals surface area (Å²) >= 11 is 0. The van der Waals surface area contributed by atoms with Crippen molar-refractivity contribution in [3.8, 4) is 0 Å². The molecular weight excluding hydrogens is 344 g/mol. The molecule has 1 saturated heterocycles. The van der Waals surface area contributed by atoms with E-state index in [4.69, 9.17) is 0 Å². The minimum atomic E-state index is -0.0572. The van der Waals surface area contributed by atoms with Gasteiger partial charge in [-0.05, 0) is 32.8 Å². The number of carbonyl (C=O) groups excluding carboxylic acids is 1. The fraction of sp³-hybridized carbons (Fsp3) is 0.444. The summed E-state index contributed by atoms with van der Waals surface area (Å²) in [6, 6.07) is 2.10. The normalized spacial score (nSPS) is 15.3. The number of aromatic nitrogens is 6. The highest BCUT2D eigenvalue weighted by Crippen LogP contribution is 2.16. The van der Waals surface area contributed by atoms with Gasteiger partial charge in [-0.25, -0.2) is 14.5 Å². The molecule has 4 heterocycles. The maximum absolute atomic E-state index is 12.4. The fourth-order valence-corrected chi connectivity index (χ4v) is 3.41. The van der Waals surface area contributed by atoms with Crippen molar-refractivity contribution in [2.75, 3.05) is 18.0 Å². The number of aryl methyl sites for hydroxylation is 2. The standard InChI is InChI=1S/C18H22N8O/c1-12-9-13(2)26-18(21-12)23-15(24-26)10-17(27)22-14-3-7-25(8-4-14)16-11-19-5-6-20-16/h5-6,9,11,14H,3-4,7-8,10H2,1-2H3,(H,22,27). The van der Waals surface area contributed by atoms with Crippen LogP contribution in [-0.4, -0.2) is 54.6 Å². The molecule has 1 fully saturated rings. The first-order chi connectivity index (χ1) is 13.1. The third kappa shape index (κ3) is 3.86. The van der Waals surface area contributed by atoms with Gasteiger partial charge in [0.2, 0.25) is 5.91 Å². The number of rotatable bonds is 4. The molecular formula is C18H22N8O. The van der Waals surface area contributed by atoms with Gasteiger partial charge in [-0.3, -0.25) is 9.78 Å². The summed E-state index contributed by atoms with van der Waals surface area (Å²) in [7, 11) is 0. The molecule has 0 spiro atoms. The monoisotopic (exact) mass is 366 g/mol. The number of hydrogen-bond acceptors (Lipinski definition) is 7. The van der Waals surface area contributed by atoms with Crippen LogP contribution in [0.4, 0.5) is 5.82 Å². The van der Waals surface area contributed by atoms with Crippen LogP contribution in [-0.2, 0) is 11.2 Å². The first-order valence-corrected chi connectivity index (χ1v) is 9.09. The molecule has 1 amide bonds. The summed E-state index contributed by atoms with van der Waals surface area (Å²) in [6.45, 7) is 5.56. The van der Waals surface area contributed by atoms with E-state index < -0.39 is 0 Å². The van der Waals surface area contributed by atoms with Crippen molar-refractivity contribution in [3.63, 3.8) is 0 Å². The van der Waals surface area contributed by atoms with E-state index in [1.807, 2.05) is 19.9 Å². The van der Waals surface area contributed by atoms with Gasteiger partial charge in [0, 0.05) is 42.9 Å². The molecule has 27 heavy (non-hydrogen) atoms. The van der Waals surface area contributed by atoms with E-state index >= 15 is 0 Å². The first-order valence-electron chi connectivity index (χ1n) is 9.09. The topological polar surface area (TPSA) is 101 Å². The molecule has 1 aliphatic heterocycles. The number of piperidine rings is 1. The molecule has 0 bridgehead atoms. The highest BCUT2D eigenvalue weighted by molar-refractivity contribution is 5.78. The van der Waals surface area contributed by atoms with Crippen molar-refractivity contribution in [3.05, 3.63) is 41.9 Å². The van der Waals surface area contributed by atoms with Gasteiger partial charge in [0.1, 0.15) is 5.82 Å². The van der Waals surface area contributed by atoms with Gasteiger partial charge in [-0.15, -0.1) is 5.10 Å². The van der Waals surface area contributed by atoms with Gasteiger partial charge in [0.05, 0.1) is 12.6 Å². The van der Waals surface area contributed by atoms with Gasteiger partial charge >= 0.3 is 0 Å². The molecule has 0 radical (unpaired) electrons. The van der Waals surface area contributed by atoms with Gasteiger partial charge in [0.15, 0.2) is 5.82 Å². The smallest absolute Gasteiger partial charge is 0.252 e. The quantitative estimate of drug-likeness (QED) is 0.731. The Bertz CT molecular complexity index is 947. The van der Waals surface area contributed by atoms with Crippen LogP contribution in [0.3, 0.4) is 0 Å². The lowest BCUT2D eigenvalue weighted by Crippen LogP contribution is -2.45. The van der Waals surface area contributed by atoms with Crippen LogP contribution in [0.25, 0.3) is 5.78 Å². The van der Waals surface area contributed by atoms with Crippen LogP contribution in [0.5, 0.6) is 0 Å². The molecule has 9 nitrogen and oxygen atoms in total. The molecule has 0 saturated carbocycles. The Hall–Kier alpha value is -3.10. The number of carbonyl (C=O) groups is 1. The van der Waals surface area contributed by atoms with Crippen LogP contribution in [0.1, 0.15) is 30.1 Å². The summed E-state index contributed by atoms with van der Waals surface area (Å²) in [5, 5.41) is 7.50. The summed E-state index contributed by atoms with van der Waals surface area (Å²) in [5.41, 5.74) is 1.84. The average molecular weight is 366 g/mol. The molecule has 0 aromatic carbocycles. The minimum Gasteiger partial charge on any atom is -0.355 e. The molecule has 3 aromatic heterocycles. The zero-order valence-electron chi connectivity index (χ0n) is 15.5. The molecule has 140 valence electrons. The van der Waals surface area contributed by atoms with Crippen molar-refractivity contribution >= 4 is 17.5 Å². The number of hydrogen-bond donors (Lipinski definition) is 1. The number of amides is 1. The largest absolute Gasteiger partial charge is 0.355 e. The van der Waals surface area contributed by atoms with E-state index in [1.54, 1.807) is 23.1 Å². The third-order valence-corrected chi connectivity index (χ3v) is 4.71. The molecule has 3 aromatic rings. The van der Waals surface area contributed by atoms with Crippen LogP contribution in [0, 0.1) is 13.8 Å². The maximum atomic E-state index is 12.4. The molecule has 0 aliphatic carbocycles. The Labute approximate surface area is 156 Å². The second-order valence-corrected chi connectivity index (χ2v) is 6.85. The van der Waals surface area contributed by atoms with Gasteiger partial charge in [-0.2, -0.15) is 4.98 Å². The lowest BCUT2D eigenvalue weighted by atomic mass is 10.0. The molecule has 1 N–H and O–H groups in total. The summed E-state index contributed by atoms with van der Waals surface area (Å²) in [4.78, 5) is 31.8. The Balaban J connectivity index is 1.33. The number of nitrogens with one attached hydrogen (secondary N) is 1. The summed E-state index contributed by atoms with van der Waals surface area (Å²) in [6.07, 6.45) is 7.05. The second kappa shape index (κ2) is 7.26. The highest BCUT2D eigenvalue weighted by atomic mass is 16.1. The van der Waals surface area contributed by atoms with Crippen LogP contribution >= 0.6 is 0 Å². The van der Waals surface area contributed by atoms with Crippen molar-refractivity contribution < 1.29 is 4.79 Å². The Morgan fingerprint density at radius 1 is 1.22 bits per heavy atom. The van der Waals surface area contributed by atoms with Crippen molar-refractivity contribution in [1.29, 1.82) is 0 Å². The minimum absolute atomic E-state index is 0.0572.